The predicted octanol–water partition coefficient (Wildman–Crippen LogP) is 3.70. The van der Waals surface area contributed by atoms with Crippen molar-refractivity contribution < 1.29 is 0 Å². The molecule has 2 N–H and O–H groups in total. The summed E-state index contributed by atoms with van der Waals surface area (Å²) in [5.74, 6) is 0.606. The van der Waals surface area contributed by atoms with Gasteiger partial charge in [-0.25, -0.2) is 15.0 Å². The van der Waals surface area contributed by atoms with Gasteiger partial charge < -0.3 is 10.3 Å². The van der Waals surface area contributed by atoms with Crippen LogP contribution in [0.25, 0.3) is 28.1 Å². The van der Waals surface area contributed by atoms with Crippen LogP contribution in [-0.4, -0.2) is 44.7 Å². The molecule has 1 aliphatic rings. The molecule has 5 rings (SSSR count). The van der Waals surface area contributed by atoms with E-state index in [0.29, 0.717) is 12.4 Å². The third-order valence-electron chi connectivity index (χ3n) is 5.59. The van der Waals surface area contributed by atoms with Gasteiger partial charge in [0.1, 0.15) is 11.3 Å². The van der Waals surface area contributed by atoms with E-state index in [4.69, 9.17) is 9.97 Å². The Kier molecular flexibility index (Phi) is 4.88. The Bertz CT molecular complexity index is 1290. The van der Waals surface area contributed by atoms with Gasteiger partial charge in [0.05, 0.1) is 11.1 Å². The molecule has 0 bridgehead atoms. The first-order valence-corrected chi connectivity index (χ1v) is 10.3. The highest BCUT2D eigenvalue weighted by Crippen LogP contribution is 2.38. The largest absolute Gasteiger partial charge is 0.346 e. The molecule has 0 spiro atoms. The van der Waals surface area contributed by atoms with Crippen molar-refractivity contribution in [2.45, 2.75) is 18.8 Å². The summed E-state index contributed by atoms with van der Waals surface area (Å²) in [6, 6.07) is 11.9. The molecule has 31 heavy (non-hydrogen) atoms. The monoisotopic (exact) mass is 409 g/mol. The van der Waals surface area contributed by atoms with Crippen molar-refractivity contribution in [3.05, 3.63) is 78.1 Å². The van der Waals surface area contributed by atoms with Crippen LogP contribution in [0.5, 0.6) is 0 Å². The first-order valence-electron chi connectivity index (χ1n) is 10.3. The minimum atomic E-state index is -0.434. The van der Waals surface area contributed by atoms with Gasteiger partial charge in [-0.2, -0.15) is 0 Å². The fourth-order valence-corrected chi connectivity index (χ4v) is 4.19. The number of nitrogens with one attached hydrogen (secondary N) is 2. The molecule has 4 aromatic rings. The van der Waals surface area contributed by atoms with Crippen LogP contribution >= 0.6 is 0 Å². The zero-order valence-corrected chi connectivity index (χ0v) is 17.5. The van der Waals surface area contributed by atoms with Crippen LogP contribution in [0.3, 0.4) is 0 Å². The second kappa shape index (κ2) is 7.85. The molecule has 7 heteroatoms. The normalized spacial score (nSPS) is 18.3. The second-order valence-corrected chi connectivity index (χ2v) is 7.84. The Balaban J connectivity index is 1.68. The summed E-state index contributed by atoms with van der Waals surface area (Å²) < 4.78 is 0. The number of nitrogens with zero attached hydrogens (tertiary/aromatic N) is 5. The lowest BCUT2D eigenvalue weighted by atomic mass is 9.76. The molecule has 1 aliphatic heterocycles. The second-order valence-electron chi connectivity index (χ2n) is 7.84. The van der Waals surface area contributed by atoms with Crippen LogP contribution < -0.4 is 5.32 Å². The zero-order valence-electron chi connectivity index (χ0n) is 17.5. The van der Waals surface area contributed by atoms with Crippen molar-refractivity contribution in [2.24, 2.45) is 4.99 Å². The highest BCUT2D eigenvalue weighted by molar-refractivity contribution is 5.90. The molecule has 4 aromatic heterocycles. The molecule has 0 aromatic carbocycles. The number of aryl methyl sites for hydroxylation is 1. The summed E-state index contributed by atoms with van der Waals surface area (Å²) in [6.07, 6.45) is 10.2. The number of aromatic nitrogens is 5. The van der Waals surface area contributed by atoms with Crippen LogP contribution in [0.4, 0.5) is 0 Å². The van der Waals surface area contributed by atoms with E-state index in [1.54, 1.807) is 6.20 Å². The van der Waals surface area contributed by atoms with E-state index in [1.165, 1.54) is 0 Å². The SMILES string of the molecule is CNCC1(c2nc(-c3cccc(C)n3)nc3[nH]ccc23)C=NC=C(c2cccnc2)C1. The maximum absolute atomic E-state index is 5.06. The molecule has 5 heterocycles. The molecule has 0 fully saturated rings. The smallest absolute Gasteiger partial charge is 0.180 e. The summed E-state index contributed by atoms with van der Waals surface area (Å²) in [6.45, 7) is 2.66. The number of aliphatic imine (C=N–C) groups is 1. The van der Waals surface area contributed by atoms with Gasteiger partial charge in [0.15, 0.2) is 5.82 Å². The molecule has 0 radical (unpaired) electrons. The predicted molar refractivity (Wildman–Crippen MR) is 123 cm³/mol. The van der Waals surface area contributed by atoms with Crippen molar-refractivity contribution in [1.29, 1.82) is 0 Å². The van der Waals surface area contributed by atoms with Crippen LogP contribution in [-0.2, 0) is 5.41 Å². The lowest BCUT2D eigenvalue weighted by Gasteiger charge is -2.33. The van der Waals surface area contributed by atoms with Gasteiger partial charge in [0.2, 0.25) is 0 Å². The molecule has 0 aliphatic carbocycles. The van der Waals surface area contributed by atoms with E-state index in [1.807, 2.05) is 69.1 Å². The summed E-state index contributed by atoms with van der Waals surface area (Å²) in [5.41, 5.74) is 5.18. The Labute approximate surface area is 180 Å². The molecular formula is C24H23N7. The van der Waals surface area contributed by atoms with E-state index >= 15 is 0 Å². The third kappa shape index (κ3) is 3.53. The average molecular weight is 409 g/mol. The van der Waals surface area contributed by atoms with Crippen molar-refractivity contribution in [3.8, 4) is 11.5 Å². The Hall–Kier alpha value is -3.71. The number of H-pyrrole nitrogens is 1. The van der Waals surface area contributed by atoms with E-state index in [2.05, 4.69) is 31.3 Å². The summed E-state index contributed by atoms with van der Waals surface area (Å²) >= 11 is 0. The van der Waals surface area contributed by atoms with Gasteiger partial charge in [0, 0.05) is 48.6 Å². The number of pyridine rings is 2. The first kappa shape index (κ1) is 19.3. The number of aromatic amines is 1. The number of hydrogen-bond donors (Lipinski definition) is 2. The van der Waals surface area contributed by atoms with Gasteiger partial charge in [-0.05, 0) is 55.8 Å². The van der Waals surface area contributed by atoms with Crippen LogP contribution in [0, 0.1) is 6.92 Å². The van der Waals surface area contributed by atoms with Crippen LogP contribution in [0.2, 0.25) is 0 Å². The lowest BCUT2D eigenvalue weighted by molar-refractivity contribution is 0.543. The molecular weight excluding hydrogens is 386 g/mol. The number of allylic oxidation sites excluding steroid dienone is 1. The minimum Gasteiger partial charge on any atom is -0.346 e. The fraction of sp³-hybridized carbons (Fsp3) is 0.208. The van der Waals surface area contributed by atoms with E-state index in [0.717, 1.165) is 45.7 Å². The van der Waals surface area contributed by atoms with Crippen molar-refractivity contribution in [3.63, 3.8) is 0 Å². The van der Waals surface area contributed by atoms with Gasteiger partial charge >= 0.3 is 0 Å². The zero-order chi connectivity index (χ0) is 21.3. The Morgan fingerprint density at radius 2 is 2.03 bits per heavy atom. The van der Waals surface area contributed by atoms with Gasteiger partial charge in [-0.15, -0.1) is 0 Å². The van der Waals surface area contributed by atoms with E-state index in [9.17, 15) is 0 Å². The maximum Gasteiger partial charge on any atom is 0.180 e. The first-order chi connectivity index (χ1) is 15.2. The lowest BCUT2D eigenvalue weighted by Crippen LogP contribution is -2.41. The number of hydrogen-bond acceptors (Lipinski definition) is 6. The fourth-order valence-electron chi connectivity index (χ4n) is 4.19. The molecule has 0 saturated heterocycles. The van der Waals surface area contributed by atoms with Crippen molar-refractivity contribution in [2.75, 3.05) is 13.6 Å². The van der Waals surface area contributed by atoms with Gasteiger partial charge in [-0.1, -0.05) is 12.1 Å². The minimum absolute atomic E-state index is 0.434. The van der Waals surface area contributed by atoms with Crippen LogP contribution in [0.1, 0.15) is 23.4 Å². The topological polar surface area (TPSA) is 91.7 Å². The average Bonchev–Trinajstić information content (AvgIpc) is 3.28. The highest BCUT2D eigenvalue weighted by Gasteiger charge is 2.37. The number of rotatable bonds is 5. The third-order valence-corrected chi connectivity index (χ3v) is 5.59. The summed E-state index contributed by atoms with van der Waals surface area (Å²) in [7, 11) is 1.95. The van der Waals surface area contributed by atoms with E-state index in [-0.39, 0.29) is 0 Å². The van der Waals surface area contributed by atoms with Gasteiger partial charge in [-0.3, -0.25) is 9.98 Å². The molecule has 1 atom stereocenters. The molecule has 0 saturated carbocycles. The molecule has 1 unspecified atom stereocenters. The van der Waals surface area contributed by atoms with E-state index < -0.39 is 5.41 Å². The quantitative estimate of drug-likeness (QED) is 0.524. The number of fused-ring (bicyclic) bond motifs is 1. The standard InChI is InChI=1S/C24H23N7/c1-16-5-3-7-20(29-16)23-30-21(19-8-10-28-22(19)31-23)24(14-25-2)11-18(13-27-15-24)17-6-4-9-26-12-17/h3-10,12-13,15,25H,11,14H2,1-2H3,(H,28,30,31). The Morgan fingerprint density at radius 1 is 1.10 bits per heavy atom. The molecule has 154 valence electrons. The van der Waals surface area contributed by atoms with Crippen molar-refractivity contribution >= 4 is 22.8 Å². The Morgan fingerprint density at radius 3 is 2.84 bits per heavy atom. The highest BCUT2D eigenvalue weighted by atomic mass is 15.0. The summed E-state index contributed by atoms with van der Waals surface area (Å²) in [4.78, 5) is 26.6. The number of likely N-dealkylation sites (N-methyl/N-ethyl adjacent to an activating group) is 1. The maximum atomic E-state index is 5.06. The van der Waals surface area contributed by atoms with Gasteiger partial charge in [0.25, 0.3) is 0 Å². The molecule has 0 amide bonds. The van der Waals surface area contributed by atoms with Crippen molar-refractivity contribution in [1.82, 2.24) is 30.2 Å². The molecule has 7 nitrogen and oxygen atoms in total. The summed E-state index contributed by atoms with van der Waals surface area (Å²) in [5, 5.41) is 4.34. The van der Waals surface area contributed by atoms with Crippen LogP contribution in [0.15, 0.2) is 66.2 Å².